The van der Waals surface area contributed by atoms with Crippen molar-refractivity contribution < 1.29 is 14.3 Å². The van der Waals surface area contributed by atoms with Crippen molar-refractivity contribution in [1.82, 2.24) is 14.8 Å². The minimum absolute atomic E-state index is 0.263. The van der Waals surface area contributed by atoms with Gasteiger partial charge in [0.25, 0.3) is 5.91 Å². The number of benzene rings is 1. The van der Waals surface area contributed by atoms with Crippen molar-refractivity contribution in [2.24, 2.45) is 7.05 Å². The average Bonchev–Trinajstić information content (AvgIpc) is 2.93. The number of hydrogen-bond donors (Lipinski definition) is 1. The van der Waals surface area contributed by atoms with Crippen molar-refractivity contribution in [2.45, 2.75) is 6.92 Å². The van der Waals surface area contributed by atoms with E-state index in [2.05, 4.69) is 22.0 Å². The molecule has 2 aromatic heterocycles. The zero-order valence-electron chi connectivity index (χ0n) is 14.9. The first-order valence-electron chi connectivity index (χ1n) is 8.06. The highest BCUT2D eigenvalue weighted by molar-refractivity contribution is 6.05. The molecule has 3 rings (SSSR count). The molecule has 2 heterocycles. The Balaban J connectivity index is 1.83. The molecular formula is C19H20N4O3. The molecule has 3 aromatic rings. The topological polar surface area (TPSA) is 78.3 Å². The first-order chi connectivity index (χ1) is 12.5. The Bertz CT molecular complexity index is 978. The maximum atomic E-state index is 12.6. The number of amides is 1. The third-order valence-electron chi connectivity index (χ3n) is 3.90. The monoisotopic (exact) mass is 352 g/mol. The number of anilines is 1. The second-order valence-electron chi connectivity index (χ2n) is 5.72. The van der Waals surface area contributed by atoms with E-state index in [0.717, 1.165) is 16.7 Å². The van der Waals surface area contributed by atoms with Crippen LogP contribution in [-0.4, -0.2) is 34.4 Å². The van der Waals surface area contributed by atoms with E-state index in [9.17, 15) is 4.79 Å². The van der Waals surface area contributed by atoms with E-state index in [1.807, 2.05) is 20.0 Å². The van der Waals surface area contributed by atoms with E-state index in [0.29, 0.717) is 29.4 Å². The molecule has 0 spiro atoms. The number of ether oxygens (including phenoxy) is 2. The lowest BCUT2D eigenvalue weighted by molar-refractivity contribution is 0.102. The van der Waals surface area contributed by atoms with Gasteiger partial charge in [0.05, 0.1) is 24.7 Å². The molecule has 1 amide bonds. The lowest BCUT2D eigenvalue weighted by Crippen LogP contribution is -2.12. The molecule has 0 saturated heterocycles. The van der Waals surface area contributed by atoms with Gasteiger partial charge in [-0.15, -0.1) is 0 Å². The number of fused-ring (bicyclic) bond motifs is 1. The van der Waals surface area contributed by atoms with Gasteiger partial charge in [-0.05, 0) is 31.2 Å². The fourth-order valence-corrected chi connectivity index (χ4v) is 2.66. The van der Waals surface area contributed by atoms with Crippen molar-refractivity contribution in [3.8, 4) is 11.5 Å². The number of pyridine rings is 1. The number of rotatable bonds is 6. The van der Waals surface area contributed by atoms with Crippen LogP contribution in [0.1, 0.15) is 16.1 Å². The lowest BCUT2D eigenvalue weighted by Gasteiger charge is -2.11. The molecule has 0 bridgehead atoms. The van der Waals surface area contributed by atoms with Crippen molar-refractivity contribution in [2.75, 3.05) is 19.0 Å². The van der Waals surface area contributed by atoms with Gasteiger partial charge in [0.2, 0.25) is 0 Å². The first-order valence-corrected chi connectivity index (χ1v) is 8.06. The number of methoxy groups -OCH3 is 1. The molecule has 0 saturated carbocycles. The second kappa shape index (κ2) is 7.26. The molecule has 26 heavy (non-hydrogen) atoms. The summed E-state index contributed by atoms with van der Waals surface area (Å²) in [5.41, 5.74) is 2.68. The van der Waals surface area contributed by atoms with Gasteiger partial charge in [0, 0.05) is 18.0 Å². The molecule has 1 N–H and O–H groups in total. The summed E-state index contributed by atoms with van der Waals surface area (Å²) in [4.78, 5) is 16.9. The van der Waals surface area contributed by atoms with Gasteiger partial charge in [0.15, 0.2) is 17.1 Å². The molecule has 0 fully saturated rings. The Morgan fingerprint density at radius 2 is 2.15 bits per heavy atom. The maximum Gasteiger partial charge on any atom is 0.255 e. The quantitative estimate of drug-likeness (QED) is 0.690. The molecule has 7 heteroatoms. The van der Waals surface area contributed by atoms with Crippen molar-refractivity contribution in [3.05, 3.63) is 54.4 Å². The number of hydrogen-bond acceptors (Lipinski definition) is 5. The Labute approximate surface area is 151 Å². The summed E-state index contributed by atoms with van der Waals surface area (Å²) in [6.07, 6.45) is 3.25. The fraction of sp³-hybridized carbons (Fsp3) is 0.211. The summed E-state index contributed by atoms with van der Waals surface area (Å²) in [5.74, 6) is 0.774. The molecule has 0 aliphatic carbocycles. The van der Waals surface area contributed by atoms with Crippen LogP contribution >= 0.6 is 0 Å². The smallest absolute Gasteiger partial charge is 0.255 e. The van der Waals surface area contributed by atoms with Crippen LogP contribution in [0.25, 0.3) is 11.0 Å². The number of aryl methyl sites for hydroxylation is 2. The predicted molar refractivity (Wildman–Crippen MR) is 99.9 cm³/mol. The number of carbonyl (C=O) groups is 1. The van der Waals surface area contributed by atoms with E-state index >= 15 is 0 Å². The zero-order valence-corrected chi connectivity index (χ0v) is 14.9. The molecule has 0 radical (unpaired) electrons. The van der Waals surface area contributed by atoms with Crippen LogP contribution in [0.5, 0.6) is 11.5 Å². The third-order valence-corrected chi connectivity index (χ3v) is 3.90. The molecule has 0 aliphatic rings. The van der Waals surface area contributed by atoms with Gasteiger partial charge in [-0.25, -0.2) is 4.98 Å². The Morgan fingerprint density at radius 1 is 1.35 bits per heavy atom. The third kappa shape index (κ3) is 3.37. The number of aromatic nitrogens is 3. The Kier molecular flexibility index (Phi) is 4.88. The minimum Gasteiger partial charge on any atom is -0.493 e. The Hall–Kier alpha value is -3.35. The highest BCUT2D eigenvalue weighted by atomic mass is 16.5. The van der Waals surface area contributed by atoms with Crippen LogP contribution < -0.4 is 14.8 Å². The summed E-state index contributed by atoms with van der Waals surface area (Å²) in [6, 6.07) is 6.87. The van der Waals surface area contributed by atoms with Crippen LogP contribution in [0, 0.1) is 6.92 Å². The van der Waals surface area contributed by atoms with E-state index in [1.54, 1.807) is 35.2 Å². The summed E-state index contributed by atoms with van der Waals surface area (Å²) in [6.45, 7) is 5.88. The van der Waals surface area contributed by atoms with E-state index in [4.69, 9.17) is 9.47 Å². The van der Waals surface area contributed by atoms with Gasteiger partial charge >= 0.3 is 0 Å². The fourth-order valence-electron chi connectivity index (χ4n) is 2.66. The highest BCUT2D eigenvalue weighted by Crippen LogP contribution is 2.28. The second-order valence-corrected chi connectivity index (χ2v) is 5.72. The standard InChI is InChI=1S/C19H20N4O3/c1-5-8-26-16-7-6-13(9-17(16)25-4)19(24)21-14-10-15-12(2)22-23(3)18(15)20-11-14/h5-7,9-11H,1,8H2,2-4H3,(H,21,24). The molecule has 0 unspecified atom stereocenters. The summed E-state index contributed by atoms with van der Waals surface area (Å²) in [7, 11) is 3.36. The predicted octanol–water partition coefficient (Wildman–Crippen LogP) is 3.10. The SMILES string of the molecule is C=CCOc1ccc(C(=O)Nc2cnc3c(c2)c(C)nn3C)cc1OC. The molecular weight excluding hydrogens is 332 g/mol. The lowest BCUT2D eigenvalue weighted by atomic mass is 10.2. The van der Waals surface area contributed by atoms with E-state index < -0.39 is 0 Å². The van der Waals surface area contributed by atoms with Crippen molar-refractivity contribution >= 4 is 22.6 Å². The minimum atomic E-state index is -0.263. The van der Waals surface area contributed by atoms with Gasteiger partial charge in [-0.2, -0.15) is 5.10 Å². The largest absolute Gasteiger partial charge is 0.493 e. The van der Waals surface area contributed by atoms with Crippen LogP contribution in [0.3, 0.4) is 0 Å². The molecule has 0 aliphatic heterocycles. The number of carbonyl (C=O) groups excluding carboxylic acids is 1. The molecule has 1 aromatic carbocycles. The van der Waals surface area contributed by atoms with Crippen LogP contribution in [0.4, 0.5) is 5.69 Å². The van der Waals surface area contributed by atoms with Gasteiger partial charge in [0.1, 0.15) is 6.61 Å². The molecule has 7 nitrogen and oxygen atoms in total. The number of nitrogens with one attached hydrogen (secondary N) is 1. The van der Waals surface area contributed by atoms with E-state index in [-0.39, 0.29) is 5.91 Å². The summed E-state index contributed by atoms with van der Waals surface area (Å²) >= 11 is 0. The van der Waals surface area contributed by atoms with Crippen LogP contribution in [0.2, 0.25) is 0 Å². The first kappa shape index (κ1) is 17.5. The van der Waals surface area contributed by atoms with Gasteiger partial charge in [-0.1, -0.05) is 12.7 Å². The van der Waals surface area contributed by atoms with Gasteiger partial charge in [-0.3, -0.25) is 9.48 Å². The molecule has 134 valence electrons. The number of nitrogens with zero attached hydrogens (tertiary/aromatic N) is 3. The van der Waals surface area contributed by atoms with Crippen LogP contribution in [0.15, 0.2) is 43.1 Å². The van der Waals surface area contributed by atoms with Gasteiger partial charge < -0.3 is 14.8 Å². The highest BCUT2D eigenvalue weighted by Gasteiger charge is 2.13. The van der Waals surface area contributed by atoms with Crippen molar-refractivity contribution in [1.29, 1.82) is 0 Å². The maximum absolute atomic E-state index is 12.6. The van der Waals surface area contributed by atoms with Crippen molar-refractivity contribution in [3.63, 3.8) is 0 Å². The zero-order chi connectivity index (χ0) is 18.7. The summed E-state index contributed by atoms with van der Waals surface area (Å²) in [5, 5.41) is 8.08. The van der Waals surface area contributed by atoms with Crippen LogP contribution in [-0.2, 0) is 7.05 Å². The average molecular weight is 352 g/mol. The summed E-state index contributed by atoms with van der Waals surface area (Å²) < 4.78 is 12.5. The Morgan fingerprint density at radius 3 is 2.88 bits per heavy atom. The molecule has 0 atom stereocenters. The normalized spacial score (nSPS) is 10.6. The van der Waals surface area contributed by atoms with E-state index in [1.165, 1.54) is 7.11 Å².